The van der Waals surface area contributed by atoms with Crippen molar-refractivity contribution < 1.29 is 13.6 Å². The molecule has 1 aromatic rings. The van der Waals surface area contributed by atoms with Crippen molar-refractivity contribution in [2.24, 2.45) is 0 Å². The molecular formula is C14H16Br2F2N2O. The Kier molecular flexibility index (Phi) is 6.13. The fourth-order valence-electron chi connectivity index (χ4n) is 2.42. The number of benzene rings is 1. The molecule has 3 nitrogen and oxygen atoms in total. The standard InChI is InChI=1S/C14H16Br2F2N2O/c15-2-5-19-3-1-4-20(7-6-19)14(21)13-11(17)8-10(16)9-12(13)18/h8-9H,1-7H2. The minimum atomic E-state index is -0.826. The molecule has 0 atom stereocenters. The molecule has 1 aliphatic heterocycles. The second-order valence-electron chi connectivity index (χ2n) is 4.92. The highest BCUT2D eigenvalue weighted by molar-refractivity contribution is 9.10. The van der Waals surface area contributed by atoms with Gasteiger partial charge in [0, 0.05) is 36.0 Å². The SMILES string of the molecule is O=C(c1c(F)cc(Br)cc1F)N1CCCN(CCBr)CC1. The van der Waals surface area contributed by atoms with Gasteiger partial charge in [0.1, 0.15) is 17.2 Å². The molecular weight excluding hydrogens is 410 g/mol. The maximum absolute atomic E-state index is 13.9. The van der Waals surface area contributed by atoms with Crippen molar-refractivity contribution in [3.63, 3.8) is 0 Å². The van der Waals surface area contributed by atoms with Gasteiger partial charge in [0.15, 0.2) is 0 Å². The summed E-state index contributed by atoms with van der Waals surface area (Å²) in [5, 5.41) is 0.872. The molecule has 1 aliphatic rings. The summed E-state index contributed by atoms with van der Waals surface area (Å²) in [6.07, 6.45) is 0.804. The van der Waals surface area contributed by atoms with Crippen LogP contribution in [0.2, 0.25) is 0 Å². The van der Waals surface area contributed by atoms with E-state index in [2.05, 4.69) is 36.8 Å². The Balaban J connectivity index is 2.13. The molecule has 116 valence electrons. The second-order valence-corrected chi connectivity index (χ2v) is 6.63. The van der Waals surface area contributed by atoms with Gasteiger partial charge >= 0.3 is 0 Å². The fraction of sp³-hybridized carbons (Fsp3) is 0.500. The molecule has 1 amide bonds. The molecule has 0 unspecified atom stereocenters. The van der Waals surface area contributed by atoms with Gasteiger partial charge in [-0.05, 0) is 25.1 Å². The molecule has 0 radical (unpaired) electrons. The van der Waals surface area contributed by atoms with Crippen molar-refractivity contribution in [3.05, 3.63) is 33.8 Å². The minimum absolute atomic E-state index is 0.286. The van der Waals surface area contributed by atoms with Crippen LogP contribution in [0.3, 0.4) is 0 Å². The van der Waals surface area contributed by atoms with E-state index in [1.807, 2.05) is 0 Å². The molecule has 0 spiro atoms. The number of carbonyl (C=O) groups is 1. The third-order valence-corrected chi connectivity index (χ3v) is 4.31. The van der Waals surface area contributed by atoms with E-state index >= 15 is 0 Å². The molecule has 1 fully saturated rings. The van der Waals surface area contributed by atoms with E-state index in [0.29, 0.717) is 13.1 Å². The Morgan fingerprint density at radius 2 is 1.81 bits per heavy atom. The van der Waals surface area contributed by atoms with Crippen LogP contribution in [0.4, 0.5) is 8.78 Å². The highest BCUT2D eigenvalue weighted by Crippen LogP contribution is 2.21. The maximum atomic E-state index is 13.9. The summed E-state index contributed by atoms with van der Waals surface area (Å²) in [7, 11) is 0. The lowest BCUT2D eigenvalue weighted by molar-refractivity contribution is 0.0752. The summed E-state index contributed by atoms with van der Waals surface area (Å²) in [5.41, 5.74) is -0.466. The van der Waals surface area contributed by atoms with Crippen LogP contribution in [-0.2, 0) is 0 Å². The highest BCUT2D eigenvalue weighted by Gasteiger charge is 2.25. The van der Waals surface area contributed by atoms with Crippen molar-refractivity contribution in [2.45, 2.75) is 6.42 Å². The monoisotopic (exact) mass is 424 g/mol. The molecule has 0 aliphatic carbocycles. The summed E-state index contributed by atoms with van der Waals surface area (Å²) in [6, 6.07) is 2.23. The van der Waals surface area contributed by atoms with Crippen LogP contribution in [0.5, 0.6) is 0 Å². The first-order chi connectivity index (χ1) is 10.0. The van der Waals surface area contributed by atoms with E-state index in [0.717, 1.165) is 43.5 Å². The van der Waals surface area contributed by atoms with Gasteiger partial charge in [-0.25, -0.2) is 8.78 Å². The minimum Gasteiger partial charge on any atom is -0.337 e. The number of halogens is 4. The summed E-state index contributed by atoms with van der Waals surface area (Å²) < 4.78 is 28.0. The lowest BCUT2D eigenvalue weighted by Gasteiger charge is -2.22. The van der Waals surface area contributed by atoms with Gasteiger partial charge in [0.25, 0.3) is 5.91 Å². The Bertz CT molecular complexity index is 505. The molecule has 0 aromatic heterocycles. The zero-order valence-electron chi connectivity index (χ0n) is 11.4. The summed E-state index contributed by atoms with van der Waals surface area (Å²) in [6.45, 7) is 3.52. The van der Waals surface area contributed by atoms with Crippen LogP contribution in [-0.4, -0.2) is 53.8 Å². The van der Waals surface area contributed by atoms with Crippen LogP contribution in [0.15, 0.2) is 16.6 Å². The van der Waals surface area contributed by atoms with Crippen LogP contribution < -0.4 is 0 Å². The fourth-order valence-corrected chi connectivity index (χ4v) is 3.33. The predicted octanol–water partition coefficient (Wildman–Crippen LogP) is 3.27. The third kappa shape index (κ3) is 4.23. The molecule has 0 bridgehead atoms. The largest absolute Gasteiger partial charge is 0.337 e. The molecule has 1 heterocycles. The summed E-state index contributed by atoms with van der Waals surface area (Å²) in [5.74, 6) is -2.22. The van der Waals surface area contributed by atoms with Gasteiger partial charge in [-0.3, -0.25) is 4.79 Å². The van der Waals surface area contributed by atoms with Crippen LogP contribution >= 0.6 is 31.9 Å². The highest BCUT2D eigenvalue weighted by atomic mass is 79.9. The van der Waals surface area contributed by atoms with E-state index in [1.54, 1.807) is 0 Å². The van der Waals surface area contributed by atoms with E-state index < -0.39 is 23.1 Å². The number of amides is 1. The third-order valence-electron chi connectivity index (χ3n) is 3.50. The van der Waals surface area contributed by atoms with E-state index in [4.69, 9.17) is 0 Å². The van der Waals surface area contributed by atoms with Gasteiger partial charge in [0.05, 0.1) is 0 Å². The summed E-state index contributed by atoms with van der Waals surface area (Å²) >= 11 is 6.41. The normalized spacial score (nSPS) is 16.9. The number of alkyl halides is 1. The predicted molar refractivity (Wildman–Crippen MR) is 84.8 cm³/mol. The van der Waals surface area contributed by atoms with Crippen molar-refractivity contribution in [2.75, 3.05) is 38.1 Å². The van der Waals surface area contributed by atoms with Crippen LogP contribution in [0.25, 0.3) is 0 Å². The number of hydrogen-bond acceptors (Lipinski definition) is 2. The lowest BCUT2D eigenvalue weighted by atomic mass is 10.1. The van der Waals surface area contributed by atoms with Crippen molar-refractivity contribution in [1.29, 1.82) is 0 Å². The lowest BCUT2D eigenvalue weighted by Crippen LogP contribution is -2.36. The molecule has 1 aromatic carbocycles. The van der Waals surface area contributed by atoms with Crippen molar-refractivity contribution in [3.8, 4) is 0 Å². The van der Waals surface area contributed by atoms with E-state index in [-0.39, 0.29) is 4.47 Å². The maximum Gasteiger partial charge on any atom is 0.259 e. The average Bonchev–Trinajstić information content (AvgIpc) is 2.63. The average molecular weight is 426 g/mol. The first-order valence-corrected chi connectivity index (χ1v) is 8.66. The number of rotatable bonds is 3. The number of hydrogen-bond donors (Lipinski definition) is 0. The van der Waals surface area contributed by atoms with E-state index in [9.17, 15) is 13.6 Å². The molecule has 1 saturated heterocycles. The Labute approximate surface area is 139 Å². The number of carbonyl (C=O) groups excluding carboxylic acids is 1. The van der Waals surface area contributed by atoms with Crippen molar-refractivity contribution in [1.82, 2.24) is 9.80 Å². The molecule has 0 saturated carbocycles. The molecule has 21 heavy (non-hydrogen) atoms. The smallest absolute Gasteiger partial charge is 0.259 e. The Hall–Kier alpha value is -0.530. The Morgan fingerprint density at radius 3 is 2.43 bits per heavy atom. The van der Waals surface area contributed by atoms with E-state index in [1.165, 1.54) is 4.90 Å². The molecule has 0 N–H and O–H groups in total. The zero-order chi connectivity index (χ0) is 15.4. The topological polar surface area (TPSA) is 23.6 Å². The Morgan fingerprint density at radius 1 is 1.14 bits per heavy atom. The summed E-state index contributed by atoms with van der Waals surface area (Å²) in [4.78, 5) is 16.1. The van der Waals surface area contributed by atoms with Crippen LogP contribution in [0.1, 0.15) is 16.8 Å². The van der Waals surface area contributed by atoms with Gasteiger partial charge in [-0.15, -0.1) is 0 Å². The van der Waals surface area contributed by atoms with Crippen LogP contribution in [0, 0.1) is 11.6 Å². The molecule has 7 heteroatoms. The number of nitrogens with zero attached hydrogens (tertiary/aromatic N) is 2. The zero-order valence-corrected chi connectivity index (χ0v) is 14.6. The quantitative estimate of drug-likeness (QED) is 0.694. The first kappa shape index (κ1) is 16.8. The second kappa shape index (κ2) is 7.65. The van der Waals surface area contributed by atoms with Gasteiger partial charge in [-0.2, -0.15) is 0 Å². The van der Waals surface area contributed by atoms with Crippen molar-refractivity contribution >= 4 is 37.8 Å². The van der Waals surface area contributed by atoms with Gasteiger partial charge < -0.3 is 9.80 Å². The molecule has 2 rings (SSSR count). The van der Waals surface area contributed by atoms with Gasteiger partial charge in [-0.1, -0.05) is 31.9 Å². The first-order valence-electron chi connectivity index (χ1n) is 6.75. The van der Waals surface area contributed by atoms with Gasteiger partial charge in [0.2, 0.25) is 0 Å².